The molecule has 5 nitrogen and oxygen atoms in total. The molecule has 6 heteroatoms. The Morgan fingerprint density at radius 2 is 1.71 bits per heavy atom. The van der Waals surface area contributed by atoms with Crippen molar-refractivity contribution in [3.63, 3.8) is 0 Å². The molecular formula is C15H18N2O3S. The lowest BCUT2D eigenvalue weighted by Gasteiger charge is -2.20. The molecule has 0 bridgehead atoms. The monoisotopic (exact) mass is 306 g/mol. The van der Waals surface area contributed by atoms with Gasteiger partial charge in [0.05, 0.1) is 17.7 Å². The van der Waals surface area contributed by atoms with E-state index in [4.69, 9.17) is 10.5 Å². The molecule has 0 saturated carbocycles. The summed E-state index contributed by atoms with van der Waals surface area (Å²) in [6.07, 6.45) is 0. The Morgan fingerprint density at radius 1 is 1.10 bits per heavy atom. The number of hydrogen-bond donors (Lipinski definition) is 1. The van der Waals surface area contributed by atoms with Crippen molar-refractivity contribution in [2.24, 2.45) is 0 Å². The minimum atomic E-state index is -3.64. The maximum absolute atomic E-state index is 12.6. The number of rotatable bonds is 4. The van der Waals surface area contributed by atoms with E-state index in [0.29, 0.717) is 17.1 Å². The summed E-state index contributed by atoms with van der Waals surface area (Å²) in [6, 6.07) is 11.5. The highest BCUT2D eigenvalue weighted by Gasteiger charge is 2.21. The van der Waals surface area contributed by atoms with E-state index in [2.05, 4.69) is 0 Å². The highest BCUT2D eigenvalue weighted by molar-refractivity contribution is 7.92. The third kappa shape index (κ3) is 2.95. The van der Waals surface area contributed by atoms with E-state index in [1.54, 1.807) is 43.5 Å². The van der Waals surface area contributed by atoms with Crippen LogP contribution >= 0.6 is 0 Å². The Morgan fingerprint density at radius 3 is 2.24 bits per heavy atom. The number of benzene rings is 2. The number of hydrogen-bond acceptors (Lipinski definition) is 4. The van der Waals surface area contributed by atoms with Crippen molar-refractivity contribution in [1.29, 1.82) is 0 Å². The molecule has 0 atom stereocenters. The third-order valence-corrected chi connectivity index (χ3v) is 5.13. The van der Waals surface area contributed by atoms with Crippen molar-refractivity contribution in [3.05, 3.63) is 48.0 Å². The molecule has 21 heavy (non-hydrogen) atoms. The fraction of sp³-hybridized carbons (Fsp3) is 0.200. The van der Waals surface area contributed by atoms with Gasteiger partial charge in [-0.25, -0.2) is 8.42 Å². The molecule has 0 aliphatic heterocycles. The molecule has 2 aromatic rings. The van der Waals surface area contributed by atoms with E-state index < -0.39 is 10.0 Å². The quantitative estimate of drug-likeness (QED) is 0.880. The number of aryl methyl sites for hydroxylation is 1. The molecular weight excluding hydrogens is 288 g/mol. The first-order valence-electron chi connectivity index (χ1n) is 6.35. The maximum atomic E-state index is 12.6. The van der Waals surface area contributed by atoms with Gasteiger partial charge in [-0.05, 0) is 48.9 Å². The average Bonchev–Trinajstić information content (AvgIpc) is 2.49. The lowest BCUT2D eigenvalue weighted by atomic mass is 10.2. The zero-order valence-electron chi connectivity index (χ0n) is 12.2. The number of sulfonamides is 1. The molecule has 0 aromatic heterocycles. The number of methoxy groups -OCH3 is 1. The highest BCUT2D eigenvalue weighted by Crippen LogP contribution is 2.25. The number of anilines is 2. The van der Waals surface area contributed by atoms with Gasteiger partial charge in [-0.2, -0.15) is 0 Å². The van der Waals surface area contributed by atoms with Crippen LogP contribution < -0.4 is 14.8 Å². The standard InChI is InChI=1S/C15H18N2O3S/c1-11-4-9-14(10-15(11)16)21(18,19)17(2)12-5-7-13(20-3)8-6-12/h4-10H,16H2,1-3H3. The van der Waals surface area contributed by atoms with Crippen molar-refractivity contribution in [2.75, 3.05) is 24.2 Å². The molecule has 112 valence electrons. The summed E-state index contributed by atoms with van der Waals surface area (Å²) in [5.74, 6) is 0.670. The Labute approximate surface area is 125 Å². The Balaban J connectivity index is 2.39. The number of nitrogens with two attached hydrogens (primary N) is 1. The fourth-order valence-electron chi connectivity index (χ4n) is 1.87. The van der Waals surface area contributed by atoms with Crippen LogP contribution in [0.15, 0.2) is 47.4 Å². The van der Waals surface area contributed by atoms with Crippen LogP contribution in [0.2, 0.25) is 0 Å². The summed E-state index contributed by atoms with van der Waals surface area (Å²) in [5, 5.41) is 0. The lowest BCUT2D eigenvalue weighted by molar-refractivity contribution is 0.415. The Hall–Kier alpha value is -2.21. The summed E-state index contributed by atoms with van der Waals surface area (Å²) in [5.41, 5.74) is 7.65. The van der Waals surface area contributed by atoms with Gasteiger partial charge in [-0.15, -0.1) is 0 Å². The molecule has 0 saturated heterocycles. The van der Waals surface area contributed by atoms with E-state index in [-0.39, 0.29) is 4.90 Å². The number of nitrogens with zero attached hydrogens (tertiary/aromatic N) is 1. The first kappa shape index (κ1) is 15.2. The first-order valence-corrected chi connectivity index (χ1v) is 7.79. The maximum Gasteiger partial charge on any atom is 0.264 e. The van der Waals surface area contributed by atoms with Crippen LogP contribution in [0.1, 0.15) is 5.56 Å². The van der Waals surface area contributed by atoms with Crippen molar-refractivity contribution >= 4 is 21.4 Å². The van der Waals surface area contributed by atoms with Gasteiger partial charge in [0.2, 0.25) is 0 Å². The molecule has 2 aromatic carbocycles. The zero-order valence-corrected chi connectivity index (χ0v) is 13.0. The van der Waals surface area contributed by atoms with Crippen LogP contribution in [0.4, 0.5) is 11.4 Å². The van der Waals surface area contributed by atoms with Crippen molar-refractivity contribution < 1.29 is 13.2 Å². The van der Waals surface area contributed by atoms with Crippen LogP contribution in [0.5, 0.6) is 5.75 Å². The highest BCUT2D eigenvalue weighted by atomic mass is 32.2. The summed E-state index contributed by atoms with van der Waals surface area (Å²) in [4.78, 5) is 0.170. The predicted octanol–water partition coefficient (Wildman–Crippen LogP) is 2.41. The summed E-state index contributed by atoms with van der Waals surface area (Å²) >= 11 is 0. The minimum absolute atomic E-state index is 0.170. The molecule has 2 rings (SSSR count). The smallest absolute Gasteiger partial charge is 0.264 e. The van der Waals surface area contributed by atoms with Crippen LogP contribution in [0.25, 0.3) is 0 Å². The van der Waals surface area contributed by atoms with Gasteiger partial charge in [-0.3, -0.25) is 4.31 Å². The van der Waals surface area contributed by atoms with Gasteiger partial charge in [0, 0.05) is 12.7 Å². The predicted molar refractivity (Wildman–Crippen MR) is 84.2 cm³/mol. The van der Waals surface area contributed by atoms with Gasteiger partial charge in [0.1, 0.15) is 5.75 Å². The molecule has 0 fully saturated rings. The summed E-state index contributed by atoms with van der Waals surface area (Å²) in [7, 11) is -0.571. The Bertz CT molecular complexity index is 740. The molecule has 0 spiro atoms. The van der Waals surface area contributed by atoms with E-state index >= 15 is 0 Å². The molecule has 0 heterocycles. The van der Waals surface area contributed by atoms with Gasteiger partial charge in [-0.1, -0.05) is 6.07 Å². The average molecular weight is 306 g/mol. The largest absolute Gasteiger partial charge is 0.497 e. The van der Waals surface area contributed by atoms with Crippen LogP contribution in [0.3, 0.4) is 0 Å². The van der Waals surface area contributed by atoms with Crippen LogP contribution in [-0.4, -0.2) is 22.6 Å². The summed E-state index contributed by atoms with van der Waals surface area (Å²) < 4.78 is 31.5. The zero-order chi connectivity index (χ0) is 15.6. The topological polar surface area (TPSA) is 72.6 Å². The molecule has 0 unspecified atom stereocenters. The Kier molecular flexibility index (Phi) is 4.09. The SMILES string of the molecule is COc1ccc(N(C)S(=O)(=O)c2ccc(C)c(N)c2)cc1. The molecule has 0 radical (unpaired) electrons. The van der Waals surface area contributed by atoms with Gasteiger partial charge in [0.25, 0.3) is 10.0 Å². The molecule has 0 aliphatic carbocycles. The molecule has 0 aliphatic rings. The second-order valence-electron chi connectivity index (χ2n) is 4.69. The number of ether oxygens (including phenoxy) is 1. The van der Waals surface area contributed by atoms with E-state index in [1.807, 2.05) is 6.92 Å². The van der Waals surface area contributed by atoms with E-state index in [9.17, 15) is 8.42 Å². The first-order chi connectivity index (χ1) is 9.86. The van der Waals surface area contributed by atoms with Crippen molar-refractivity contribution in [3.8, 4) is 5.75 Å². The van der Waals surface area contributed by atoms with E-state index in [1.165, 1.54) is 17.4 Å². The van der Waals surface area contributed by atoms with Crippen LogP contribution in [-0.2, 0) is 10.0 Å². The van der Waals surface area contributed by atoms with Crippen LogP contribution in [0, 0.1) is 6.92 Å². The second kappa shape index (κ2) is 5.65. The fourth-order valence-corrected chi connectivity index (χ4v) is 3.10. The third-order valence-electron chi connectivity index (χ3n) is 3.35. The lowest BCUT2D eigenvalue weighted by Crippen LogP contribution is -2.26. The normalized spacial score (nSPS) is 11.2. The molecule has 2 N–H and O–H groups in total. The van der Waals surface area contributed by atoms with Gasteiger partial charge in [0.15, 0.2) is 0 Å². The second-order valence-corrected chi connectivity index (χ2v) is 6.66. The van der Waals surface area contributed by atoms with Gasteiger partial charge < -0.3 is 10.5 Å². The van der Waals surface area contributed by atoms with Crippen molar-refractivity contribution in [1.82, 2.24) is 0 Å². The van der Waals surface area contributed by atoms with Crippen molar-refractivity contribution in [2.45, 2.75) is 11.8 Å². The molecule has 0 amide bonds. The number of nitrogen functional groups attached to an aromatic ring is 1. The minimum Gasteiger partial charge on any atom is -0.497 e. The van der Waals surface area contributed by atoms with Gasteiger partial charge >= 0.3 is 0 Å². The van der Waals surface area contributed by atoms with E-state index in [0.717, 1.165) is 5.56 Å². The summed E-state index contributed by atoms with van der Waals surface area (Å²) in [6.45, 7) is 1.83.